The van der Waals surface area contributed by atoms with E-state index >= 15 is 0 Å². The number of sulfonamides is 1. The van der Waals surface area contributed by atoms with Gasteiger partial charge < -0.3 is 18.8 Å². The van der Waals surface area contributed by atoms with E-state index in [1.165, 1.54) is 39.9 Å². The van der Waals surface area contributed by atoms with Crippen molar-refractivity contribution in [2.75, 3.05) is 27.3 Å². The summed E-state index contributed by atoms with van der Waals surface area (Å²) in [6.07, 6.45) is -0.366. The average Bonchev–Trinajstić information content (AvgIpc) is 3.14. The van der Waals surface area contributed by atoms with Crippen molar-refractivity contribution in [1.82, 2.24) is 8.87 Å². The van der Waals surface area contributed by atoms with Crippen LogP contribution in [-0.4, -0.2) is 62.7 Å². The maximum atomic E-state index is 13.1. The molecule has 0 saturated carbocycles. The molecule has 9 nitrogen and oxygen atoms in total. The largest absolute Gasteiger partial charge is 0.495 e. The van der Waals surface area contributed by atoms with Crippen LogP contribution in [0.15, 0.2) is 46.3 Å². The summed E-state index contributed by atoms with van der Waals surface area (Å²) in [6, 6.07) is 9.47. The van der Waals surface area contributed by atoms with Gasteiger partial charge in [0.2, 0.25) is 10.0 Å². The number of nitrogens with zero attached hydrogens (tertiary/aromatic N) is 3. The lowest BCUT2D eigenvalue weighted by Crippen LogP contribution is -2.48. The Hall–Kier alpha value is -2.73. The number of benzene rings is 2. The molecule has 1 saturated heterocycles. The summed E-state index contributed by atoms with van der Waals surface area (Å²) in [5.74, 6) is 0.828. The van der Waals surface area contributed by atoms with Gasteiger partial charge in [-0.2, -0.15) is 9.30 Å². The normalized spacial score (nSPS) is 20.0. The molecule has 11 heteroatoms. The number of aryl methyl sites for hydroxylation is 1. The number of ether oxygens (including phenoxy) is 3. The van der Waals surface area contributed by atoms with Crippen LogP contribution in [0.4, 0.5) is 0 Å². The molecule has 0 aliphatic carbocycles. The van der Waals surface area contributed by atoms with Gasteiger partial charge in [-0.05, 0) is 50.2 Å². The van der Waals surface area contributed by atoms with E-state index in [0.717, 1.165) is 10.2 Å². The maximum Gasteiger partial charge on any atom is 0.279 e. The van der Waals surface area contributed by atoms with Crippen molar-refractivity contribution in [3.63, 3.8) is 0 Å². The highest BCUT2D eigenvalue weighted by Crippen LogP contribution is 2.34. The van der Waals surface area contributed by atoms with Gasteiger partial charge in [0.05, 0.1) is 31.3 Å². The number of fused-ring (bicyclic) bond motifs is 1. The fourth-order valence-electron chi connectivity index (χ4n) is 4.03. The van der Waals surface area contributed by atoms with E-state index < -0.39 is 15.9 Å². The molecule has 0 N–H and O–H groups in total. The monoisotopic (exact) mass is 505 g/mol. The topological polar surface area (TPSA) is 99.4 Å². The lowest BCUT2D eigenvalue weighted by Gasteiger charge is -2.34. The molecule has 2 aromatic carbocycles. The van der Waals surface area contributed by atoms with Gasteiger partial charge in [-0.1, -0.05) is 11.3 Å². The number of carbonyl (C=O) groups is 1. The van der Waals surface area contributed by atoms with Crippen molar-refractivity contribution in [3.05, 3.63) is 46.8 Å². The van der Waals surface area contributed by atoms with Crippen LogP contribution in [0.3, 0.4) is 0 Å². The van der Waals surface area contributed by atoms with Crippen LogP contribution >= 0.6 is 11.3 Å². The number of hydrogen-bond acceptors (Lipinski definition) is 7. The van der Waals surface area contributed by atoms with Crippen LogP contribution in [0.25, 0.3) is 10.2 Å². The fourth-order valence-corrected chi connectivity index (χ4v) is 6.74. The van der Waals surface area contributed by atoms with E-state index in [-0.39, 0.29) is 30.2 Å². The third-order valence-electron chi connectivity index (χ3n) is 5.64. The predicted molar refractivity (Wildman–Crippen MR) is 129 cm³/mol. The molecule has 1 amide bonds. The van der Waals surface area contributed by atoms with E-state index in [4.69, 9.17) is 14.2 Å². The van der Waals surface area contributed by atoms with Crippen molar-refractivity contribution < 1.29 is 27.4 Å². The Morgan fingerprint density at radius 3 is 2.21 bits per heavy atom. The third kappa shape index (κ3) is 4.48. The van der Waals surface area contributed by atoms with Gasteiger partial charge in [0, 0.05) is 25.7 Å². The Morgan fingerprint density at radius 1 is 1.03 bits per heavy atom. The average molecular weight is 506 g/mol. The zero-order chi connectivity index (χ0) is 24.6. The Morgan fingerprint density at radius 2 is 1.62 bits per heavy atom. The Labute approximate surface area is 202 Å². The lowest BCUT2D eigenvalue weighted by atomic mass is 10.2. The molecule has 1 aliphatic heterocycles. The van der Waals surface area contributed by atoms with Crippen molar-refractivity contribution >= 4 is 37.5 Å². The molecular weight excluding hydrogens is 478 g/mol. The van der Waals surface area contributed by atoms with Crippen LogP contribution < -0.4 is 14.3 Å². The van der Waals surface area contributed by atoms with E-state index in [9.17, 15) is 13.2 Å². The zero-order valence-corrected chi connectivity index (χ0v) is 21.3. The molecular formula is C23H27N3O6S2. The lowest BCUT2D eigenvalue weighted by molar-refractivity contribution is -0.0440. The van der Waals surface area contributed by atoms with Gasteiger partial charge in [0.15, 0.2) is 4.80 Å². The second kappa shape index (κ2) is 9.49. The summed E-state index contributed by atoms with van der Waals surface area (Å²) in [6.45, 7) is 4.28. The van der Waals surface area contributed by atoms with Crippen molar-refractivity contribution in [2.45, 2.75) is 31.0 Å². The standard InChI is InChI=1S/C23H27N3O6S2/c1-14-12-26(13-15(2)32-14)34(28,29)17-8-6-16(7-9-17)22(27)24-23-25(3)20-18(30-4)10-11-19(31-5)21(20)33-23/h6-11,14-15H,12-13H2,1-5H3. The highest BCUT2D eigenvalue weighted by atomic mass is 32.2. The number of amides is 1. The van der Waals surface area contributed by atoms with E-state index in [1.807, 2.05) is 13.8 Å². The van der Waals surface area contributed by atoms with Gasteiger partial charge in [-0.15, -0.1) is 0 Å². The number of methoxy groups -OCH3 is 2. The van der Waals surface area contributed by atoms with Gasteiger partial charge in [-0.3, -0.25) is 4.79 Å². The Balaban J connectivity index is 1.65. The van der Waals surface area contributed by atoms with Gasteiger partial charge in [-0.25, -0.2) is 8.42 Å². The summed E-state index contributed by atoms with van der Waals surface area (Å²) in [4.78, 5) is 17.8. The molecule has 0 bridgehead atoms. The van der Waals surface area contributed by atoms with Gasteiger partial charge in [0.1, 0.15) is 21.7 Å². The summed E-state index contributed by atoms with van der Waals surface area (Å²) in [5.41, 5.74) is 1.06. The SMILES string of the molecule is COc1ccc(OC)c2c1sc(=NC(=O)c1ccc(S(=O)(=O)N3CC(C)OC(C)C3)cc1)n2C. The van der Waals surface area contributed by atoms with E-state index in [2.05, 4.69) is 4.99 Å². The first-order valence-electron chi connectivity index (χ1n) is 10.7. The molecule has 1 aromatic heterocycles. The highest BCUT2D eigenvalue weighted by molar-refractivity contribution is 7.89. The van der Waals surface area contributed by atoms with E-state index in [0.29, 0.717) is 21.9 Å². The summed E-state index contributed by atoms with van der Waals surface area (Å²) >= 11 is 1.31. The molecule has 1 aliphatic rings. The van der Waals surface area contributed by atoms with Gasteiger partial charge >= 0.3 is 0 Å². The second-order valence-electron chi connectivity index (χ2n) is 8.11. The summed E-state index contributed by atoms with van der Waals surface area (Å²) in [5, 5.41) is 0. The molecule has 1 fully saturated rings. The first-order chi connectivity index (χ1) is 16.1. The number of rotatable bonds is 5. The summed E-state index contributed by atoms with van der Waals surface area (Å²) < 4.78 is 46.6. The fraction of sp³-hybridized carbons (Fsp3) is 0.391. The number of hydrogen-bond donors (Lipinski definition) is 0. The first kappa shape index (κ1) is 24.4. The minimum Gasteiger partial charge on any atom is -0.495 e. The number of thiazole rings is 1. The maximum absolute atomic E-state index is 13.1. The first-order valence-corrected chi connectivity index (χ1v) is 13.0. The minimum atomic E-state index is -3.69. The second-order valence-corrected chi connectivity index (χ2v) is 11.0. The predicted octanol–water partition coefficient (Wildman–Crippen LogP) is 2.80. The number of carbonyl (C=O) groups excluding carboxylic acids is 1. The zero-order valence-electron chi connectivity index (χ0n) is 19.6. The molecule has 0 radical (unpaired) electrons. The van der Waals surface area contributed by atoms with E-state index in [1.54, 1.807) is 38.0 Å². The molecule has 2 atom stereocenters. The quantitative estimate of drug-likeness (QED) is 0.529. The molecule has 2 heterocycles. The Kier molecular flexibility index (Phi) is 6.81. The van der Waals surface area contributed by atoms with Crippen molar-refractivity contribution in [3.8, 4) is 11.5 Å². The van der Waals surface area contributed by atoms with Crippen LogP contribution in [0.1, 0.15) is 24.2 Å². The third-order valence-corrected chi connectivity index (χ3v) is 8.63. The molecule has 182 valence electrons. The van der Waals surface area contributed by atoms with Crippen molar-refractivity contribution in [2.24, 2.45) is 12.0 Å². The Bertz CT molecular complexity index is 1380. The van der Waals surface area contributed by atoms with Gasteiger partial charge in [0.25, 0.3) is 5.91 Å². The molecule has 3 aromatic rings. The van der Waals surface area contributed by atoms with Crippen molar-refractivity contribution in [1.29, 1.82) is 0 Å². The van der Waals surface area contributed by atoms with Crippen LogP contribution in [-0.2, 0) is 21.8 Å². The number of aromatic nitrogens is 1. The number of morpholine rings is 1. The molecule has 0 spiro atoms. The molecule has 2 unspecified atom stereocenters. The highest BCUT2D eigenvalue weighted by Gasteiger charge is 2.32. The summed E-state index contributed by atoms with van der Waals surface area (Å²) in [7, 11) is 1.27. The molecule has 4 rings (SSSR count). The van der Waals surface area contributed by atoms with Crippen LogP contribution in [0.2, 0.25) is 0 Å². The molecule has 34 heavy (non-hydrogen) atoms. The smallest absolute Gasteiger partial charge is 0.279 e. The van der Waals surface area contributed by atoms with Crippen LogP contribution in [0, 0.1) is 0 Å². The van der Waals surface area contributed by atoms with Crippen LogP contribution in [0.5, 0.6) is 11.5 Å². The minimum absolute atomic E-state index is 0.132.